The molecule has 0 radical (unpaired) electrons. The molecule has 3 rings (SSSR count). The Balaban J connectivity index is 1.48. The van der Waals surface area contributed by atoms with Gasteiger partial charge in [-0.25, -0.2) is 4.79 Å². The maximum Gasteiger partial charge on any atom is 0.317 e. The molecule has 2 aliphatic rings. The minimum Gasteiger partial charge on any atom is -0.380 e. The van der Waals surface area contributed by atoms with E-state index in [-0.39, 0.29) is 12.1 Å². The Labute approximate surface area is 150 Å². The van der Waals surface area contributed by atoms with Gasteiger partial charge in [-0.15, -0.1) is 0 Å². The Kier molecular flexibility index (Phi) is 6.10. The number of rotatable bonds is 5. The van der Waals surface area contributed by atoms with Gasteiger partial charge in [-0.05, 0) is 30.9 Å². The molecule has 1 saturated heterocycles. The lowest BCUT2D eigenvalue weighted by Gasteiger charge is -2.28. The first-order chi connectivity index (χ1) is 12.2. The quantitative estimate of drug-likeness (QED) is 0.836. The van der Waals surface area contributed by atoms with Gasteiger partial charge >= 0.3 is 6.03 Å². The number of amides is 2. The number of likely N-dealkylation sites (tertiary alicyclic amines) is 1. The van der Waals surface area contributed by atoms with Crippen molar-refractivity contribution in [3.8, 4) is 0 Å². The molecular weight excluding hydrogens is 314 g/mol. The van der Waals surface area contributed by atoms with Crippen LogP contribution in [0.5, 0.6) is 0 Å². The average Bonchev–Trinajstić information content (AvgIpc) is 2.96. The van der Waals surface area contributed by atoms with Crippen molar-refractivity contribution in [2.24, 2.45) is 0 Å². The molecule has 1 N–H and O–H groups in total. The molecule has 1 fully saturated rings. The van der Waals surface area contributed by atoms with E-state index in [1.807, 2.05) is 11.0 Å². The summed E-state index contributed by atoms with van der Waals surface area (Å²) >= 11 is 0. The summed E-state index contributed by atoms with van der Waals surface area (Å²) in [7, 11) is 1.71. The SMILES string of the molecule is COCC1=CCN(C(=O)NC2CC(C)N(Cc3ccccc3)C2)CC1. The van der Waals surface area contributed by atoms with E-state index < -0.39 is 0 Å². The van der Waals surface area contributed by atoms with Crippen LogP contribution in [-0.4, -0.2) is 61.3 Å². The second kappa shape index (κ2) is 8.50. The van der Waals surface area contributed by atoms with Gasteiger partial charge in [-0.1, -0.05) is 36.4 Å². The van der Waals surface area contributed by atoms with Crippen LogP contribution < -0.4 is 5.32 Å². The van der Waals surface area contributed by atoms with Gasteiger partial charge in [0, 0.05) is 45.4 Å². The summed E-state index contributed by atoms with van der Waals surface area (Å²) in [6, 6.07) is 11.3. The van der Waals surface area contributed by atoms with Crippen molar-refractivity contribution in [3.63, 3.8) is 0 Å². The molecule has 0 bridgehead atoms. The molecule has 2 amide bonds. The van der Waals surface area contributed by atoms with E-state index in [4.69, 9.17) is 4.74 Å². The minimum atomic E-state index is 0.0616. The van der Waals surface area contributed by atoms with E-state index >= 15 is 0 Å². The van der Waals surface area contributed by atoms with Crippen molar-refractivity contribution in [2.75, 3.05) is 33.4 Å². The van der Waals surface area contributed by atoms with Crippen molar-refractivity contribution in [3.05, 3.63) is 47.5 Å². The fraction of sp³-hybridized carbons (Fsp3) is 0.550. The van der Waals surface area contributed by atoms with Crippen LogP contribution in [0.4, 0.5) is 4.79 Å². The molecule has 0 saturated carbocycles. The fourth-order valence-corrected chi connectivity index (χ4v) is 3.72. The number of carbonyl (C=O) groups is 1. The van der Waals surface area contributed by atoms with Crippen LogP contribution in [-0.2, 0) is 11.3 Å². The van der Waals surface area contributed by atoms with Crippen molar-refractivity contribution in [1.82, 2.24) is 15.1 Å². The predicted octanol–water partition coefficient (Wildman–Crippen LogP) is 2.64. The molecule has 1 aromatic rings. The van der Waals surface area contributed by atoms with E-state index in [1.54, 1.807) is 7.11 Å². The lowest BCUT2D eigenvalue weighted by molar-refractivity contribution is 0.190. The largest absolute Gasteiger partial charge is 0.380 e. The number of hydrogen-bond donors (Lipinski definition) is 1. The smallest absolute Gasteiger partial charge is 0.317 e. The molecule has 0 aliphatic carbocycles. The highest BCUT2D eigenvalue weighted by molar-refractivity contribution is 5.75. The van der Waals surface area contributed by atoms with Gasteiger partial charge in [0.05, 0.1) is 6.61 Å². The van der Waals surface area contributed by atoms with Crippen LogP contribution in [0.15, 0.2) is 42.0 Å². The highest BCUT2D eigenvalue weighted by Gasteiger charge is 2.31. The number of nitrogens with zero attached hydrogens (tertiary/aromatic N) is 2. The van der Waals surface area contributed by atoms with Crippen LogP contribution >= 0.6 is 0 Å². The van der Waals surface area contributed by atoms with Crippen LogP contribution in [0.2, 0.25) is 0 Å². The van der Waals surface area contributed by atoms with Crippen molar-refractivity contribution in [2.45, 2.75) is 38.4 Å². The molecule has 5 nitrogen and oxygen atoms in total. The number of urea groups is 1. The first-order valence-electron chi connectivity index (χ1n) is 9.16. The molecule has 2 aliphatic heterocycles. The van der Waals surface area contributed by atoms with Crippen molar-refractivity contribution >= 4 is 6.03 Å². The van der Waals surface area contributed by atoms with E-state index in [0.29, 0.717) is 19.2 Å². The second-order valence-corrected chi connectivity index (χ2v) is 7.14. The lowest BCUT2D eigenvalue weighted by atomic mass is 10.1. The lowest BCUT2D eigenvalue weighted by Crippen LogP contribution is -2.47. The van der Waals surface area contributed by atoms with Crippen LogP contribution in [0.3, 0.4) is 0 Å². The Bertz CT molecular complexity index is 602. The summed E-state index contributed by atoms with van der Waals surface area (Å²) in [5.74, 6) is 0. The molecule has 0 aromatic heterocycles. The standard InChI is InChI=1S/C20H29N3O2/c1-16-12-19(14-23(16)13-17-6-4-3-5-7-17)21-20(24)22-10-8-18(9-11-22)15-25-2/h3-8,16,19H,9-15H2,1-2H3,(H,21,24). The van der Waals surface area contributed by atoms with E-state index in [9.17, 15) is 4.79 Å². The van der Waals surface area contributed by atoms with Gasteiger partial charge in [0.25, 0.3) is 0 Å². The number of hydrogen-bond acceptors (Lipinski definition) is 3. The third-order valence-electron chi connectivity index (χ3n) is 5.18. The summed E-state index contributed by atoms with van der Waals surface area (Å²) < 4.78 is 5.16. The molecular formula is C20H29N3O2. The number of carbonyl (C=O) groups excluding carboxylic acids is 1. The van der Waals surface area contributed by atoms with Crippen LogP contribution in [0.1, 0.15) is 25.3 Å². The predicted molar refractivity (Wildman–Crippen MR) is 99.4 cm³/mol. The van der Waals surface area contributed by atoms with Crippen molar-refractivity contribution < 1.29 is 9.53 Å². The minimum absolute atomic E-state index is 0.0616. The van der Waals surface area contributed by atoms with Gasteiger partial charge in [0.2, 0.25) is 0 Å². The van der Waals surface area contributed by atoms with Gasteiger partial charge in [-0.3, -0.25) is 4.90 Å². The summed E-state index contributed by atoms with van der Waals surface area (Å²) in [6.07, 6.45) is 4.03. The maximum absolute atomic E-state index is 12.5. The topological polar surface area (TPSA) is 44.8 Å². The van der Waals surface area contributed by atoms with E-state index in [0.717, 1.165) is 32.5 Å². The molecule has 5 heteroatoms. The fourth-order valence-electron chi connectivity index (χ4n) is 3.72. The summed E-state index contributed by atoms with van der Waals surface area (Å²) in [6.45, 7) is 6.24. The van der Waals surface area contributed by atoms with Gasteiger partial charge in [-0.2, -0.15) is 0 Å². The van der Waals surface area contributed by atoms with Crippen LogP contribution in [0, 0.1) is 0 Å². The summed E-state index contributed by atoms with van der Waals surface area (Å²) in [4.78, 5) is 16.9. The number of methoxy groups -OCH3 is 1. The highest BCUT2D eigenvalue weighted by atomic mass is 16.5. The van der Waals surface area contributed by atoms with Gasteiger partial charge in [0.1, 0.15) is 0 Å². The molecule has 25 heavy (non-hydrogen) atoms. The Morgan fingerprint density at radius 2 is 2.12 bits per heavy atom. The average molecular weight is 343 g/mol. The van der Waals surface area contributed by atoms with Gasteiger partial charge in [0.15, 0.2) is 0 Å². The molecule has 2 heterocycles. The first-order valence-corrected chi connectivity index (χ1v) is 9.16. The third-order valence-corrected chi connectivity index (χ3v) is 5.18. The number of nitrogens with one attached hydrogen (secondary N) is 1. The normalized spacial score (nSPS) is 24.2. The van der Waals surface area contributed by atoms with E-state index in [2.05, 4.69) is 47.5 Å². The summed E-state index contributed by atoms with van der Waals surface area (Å²) in [5, 5.41) is 3.23. The Hall–Kier alpha value is -1.85. The molecule has 1 aromatic carbocycles. The number of benzene rings is 1. The monoisotopic (exact) mass is 343 g/mol. The van der Waals surface area contributed by atoms with E-state index in [1.165, 1.54) is 11.1 Å². The molecule has 2 unspecified atom stereocenters. The molecule has 2 atom stereocenters. The zero-order valence-corrected chi connectivity index (χ0v) is 15.3. The molecule has 0 spiro atoms. The molecule has 136 valence electrons. The van der Waals surface area contributed by atoms with Crippen LogP contribution in [0.25, 0.3) is 0 Å². The second-order valence-electron chi connectivity index (χ2n) is 7.14. The maximum atomic E-state index is 12.5. The number of ether oxygens (including phenoxy) is 1. The Morgan fingerprint density at radius 1 is 1.32 bits per heavy atom. The van der Waals surface area contributed by atoms with Crippen molar-refractivity contribution in [1.29, 1.82) is 0 Å². The highest BCUT2D eigenvalue weighted by Crippen LogP contribution is 2.21. The Morgan fingerprint density at radius 3 is 2.80 bits per heavy atom. The first kappa shape index (κ1) is 18.0. The zero-order valence-electron chi connectivity index (χ0n) is 15.3. The summed E-state index contributed by atoms with van der Waals surface area (Å²) in [5.41, 5.74) is 2.61. The third kappa shape index (κ3) is 4.83. The zero-order chi connectivity index (χ0) is 17.6. The van der Waals surface area contributed by atoms with Gasteiger partial charge < -0.3 is 15.0 Å².